The number of rotatable bonds is 13. The van der Waals surface area contributed by atoms with Crippen molar-refractivity contribution in [1.29, 1.82) is 0 Å². The van der Waals surface area contributed by atoms with Crippen molar-refractivity contribution in [2.24, 2.45) is 0 Å². The number of carbonyl (C=O) groups excluding carboxylic acids is 4. The SMILES string of the molecule is COc1ccc(Cc2cccnc2[C@@]2(O)O[C@H]([C@H](C)OC(=O)c3ccccc3)[C@@H](OC(=O)c3ccccc3)[C@H](OC(=O)c3ccccc3)[C@H]2OC(=O)c2ccccc2)cc1. The predicted molar refractivity (Wildman–Crippen MR) is 217 cm³/mol. The molecule has 304 valence electrons. The minimum atomic E-state index is -2.75. The van der Waals surface area contributed by atoms with E-state index in [0.29, 0.717) is 11.3 Å². The Morgan fingerprint density at radius 1 is 0.617 bits per heavy atom. The molecule has 7 rings (SSSR count). The van der Waals surface area contributed by atoms with Gasteiger partial charge in [0.25, 0.3) is 5.79 Å². The van der Waals surface area contributed by atoms with Gasteiger partial charge in [-0.3, -0.25) is 4.98 Å². The van der Waals surface area contributed by atoms with Crippen molar-refractivity contribution in [2.45, 2.75) is 49.7 Å². The number of carbonyl (C=O) groups is 4. The lowest BCUT2D eigenvalue weighted by molar-refractivity contribution is -0.362. The van der Waals surface area contributed by atoms with Gasteiger partial charge < -0.3 is 33.5 Å². The lowest BCUT2D eigenvalue weighted by Gasteiger charge is -2.50. The van der Waals surface area contributed by atoms with Crippen molar-refractivity contribution in [2.75, 3.05) is 7.11 Å². The second-order valence-corrected chi connectivity index (χ2v) is 14.0. The largest absolute Gasteiger partial charge is 0.497 e. The number of nitrogens with zero attached hydrogens (tertiary/aromatic N) is 1. The maximum atomic E-state index is 14.1. The lowest BCUT2D eigenvalue weighted by Crippen LogP contribution is -2.68. The van der Waals surface area contributed by atoms with Crippen LogP contribution < -0.4 is 4.74 Å². The van der Waals surface area contributed by atoms with E-state index in [0.717, 1.165) is 5.56 Å². The Morgan fingerprint density at radius 3 is 1.58 bits per heavy atom. The van der Waals surface area contributed by atoms with Crippen LogP contribution in [-0.4, -0.2) is 71.6 Å². The summed E-state index contributed by atoms with van der Waals surface area (Å²) in [6.07, 6.45) is -6.71. The molecule has 0 bridgehead atoms. The van der Waals surface area contributed by atoms with E-state index in [1.807, 2.05) is 12.1 Å². The summed E-state index contributed by atoms with van der Waals surface area (Å²) in [5.74, 6) is -5.56. The Bertz CT molecular complexity index is 2400. The monoisotopic (exact) mass is 807 g/mol. The standard InChI is InChI=1S/C48H41NO11/c1-31(56-44(50)33-16-7-3-8-17-33)39-40(57-45(51)34-18-9-4-10-19-34)41(58-46(52)35-20-11-5-12-21-35)43(59-47(53)36-22-13-6-14-23-36)48(54,60-39)42-37(24-15-29-49-42)30-32-25-27-38(55-2)28-26-32/h3-29,31,39-41,43,54H,30H2,1-2H3/t31-,39+,40+,41-,43+,48+/m0/s1. The molecule has 1 saturated heterocycles. The van der Waals surface area contributed by atoms with Crippen LogP contribution in [0.5, 0.6) is 5.75 Å². The quantitative estimate of drug-likeness (QED) is 0.0931. The predicted octanol–water partition coefficient (Wildman–Crippen LogP) is 7.15. The van der Waals surface area contributed by atoms with Gasteiger partial charge in [-0.15, -0.1) is 0 Å². The number of hydrogen-bond acceptors (Lipinski definition) is 12. The highest BCUT2D eigenvalue weighted by Crippen LogP contribution is 2.43. The highest BCUT2D eigenvalue weighted by molar-refractivity contribution is 5.91. The summed E-state index contributed by atoms with van der Waals surface area (Å²) in [7, 11) is 1.56. The molecule has 6 aromatic rings. The van der Waals surface area contributed by atoms with Crippen LogP contribution in [0.15, 0.2) is 164 Å². The second kappa shape index (κ2) is 18.6. The second-order valence-electron chi connectivity index (χ2n) is 14.0. The Balaban J connectivity index is 1.40. The van der Waals surface area contributed by atoms with Gasteiger partial charge in [0.2, 0.25) is 6.10 Å². The molecule has 0 radical (unpaired) electrons. The number of hydrogen-bond donors (Lipinski definition) is 1. The zero-order valence-electron chi connectivity index (χ0n) is 32.7. The van der Waals surface area contributed by atoms with Crippen molar-refractivity contribution in [3.8, 4) is 5.75 Å². The molecular weight excluding hydrogens is 767 g/mol. The smallest absolute Gasteiger partial charge is 0.338 e. The summed E-state index contributed by atoms with van der Waals surface area (Å²) in [4.78, 5) is 60.4. The average molecular weight is 808 g/mol. The third-order valence-corrected chi connectivity index (χ3v) is 9.95. The van der Waals surface area contributed by atoms with Crippen LogP contribution in [0.1, 0.15) is 65.2 Å². The molecular formula is C48H41NO11. The molecule has 0 unspecified atom stereocenters. The molecule has 1 aromatic heterocycles. The molecule has 12 nitrogen and oxygen atoms in total. The maximum Gasteiger partial charge on any atom is 0.338 e. The topological polar surface area (TPSA) is 157 Å². The van der Waals surface area contributed by atoms with Crippen LogP contribution >= 0.6 is 0 Å². The number of aromatic nitrogens is 1. The summed E-state index contributed by atoms with van der Waals surface area (Å²) < 4.78 is 36.5. The Labute approximate surface area is 346 Å². The zero-order chi connectivity index (χ0) is 42.1. The molecule has 5 aromatic carbocycles. The van der Waals surface area contributed by atoms with Crippen molar-refractivity contribution in [3.63, 3.8) is 0 Å². The van der Waals surface area contributed by atoms with Gasteiger partial charge in [-0.05, 0) is 91.2 Å². The molecule has 60 heavy (non-hydrogen) atoms. The van der Waals surface area contributed by atoms with Gasteiger partial charge in [0.1, 0.15) is 23.7 Å². The summed E-state index contributed by atoms with van der Waals surface area (Å²) in [6, 6.07) is 42.8. The van der Waals surface area contributed by atoms with Crippen LogP contribution in [0.4, 0.5) is 0 Å². The first kappa shape index (κ1) is 41.0. The van der Waals surface area contributed by atoms with Gasteiger partial charge in [-0.2, -0.15) is 0 Å². The Kier molecular flexibility index (Phi) is 12.7. The summed E-state index contributed by atoms with van der Waals surface area (Å²) in [5, 5.41) is 13.3. The highest BCUT2D eigenvalue weighted by atomic mass is 16.7. The number of ether oxygens (including phenoxy) is 6. The van der Waals surface area contributed by atoms with Crippen molar-refractivity contribution < 1.29 is 52.7 Å². The van der Waals surface area contributed by atoms with E-state index in [1.54, 1.807) is 116 Å². The van der Waals surface area contributed by atoms with E-state index in [1.165, 1.54) is 49.5 Å². The van der Waals surface area contributed by atoms with Gasteiger partial charge in [0, 0.05) is 6.20 Å². The molecule has 0 saturated carbocycles. The number of methoxy groups -OCH3 is 1. The first-order valence-electron chi connectivity index (χ1n) is 19.2. The number of pyridine rings is 1. The van der Waals surface area contributed by atoms with Gasteiger partial charge in [-0.1, -0.05) is 91.0 Å². The van der Waals surface area contributed by atoms with E-state index in [-0.39, 0.29) is 34.4 Å². The summed E-state index contributed by atoms with van der Waals surface area (Å²) in [5.41, 5.74) is 1.67. The van der Waals surface area contributed by atoms with Gasteiger partial charge in [0.15, 0.2) is 12.2 Å². The van der Waals surface area contributed by atoms with E-state index >= 15 is 0 Å². The molecule has 1 aliphatic rings. The molecule has 1 N–H and O–H groups in total. The minimum Gasteiger partial charge on any atom is -0.497 e. The molecule has 0 amide bonds. The van der Waals surface area contributed by atoms with E-state index in [9.17, 15) is 24.3 Å². The van der Waals surface area contributed by atoms with Crippen molar-refractivity contribution in [1.82, 2.24) is 4.98 Å². The third kappa shape index (κ3) is 9.25. The fraction of sp³-hybridized carbons (Fsp3) is 0.188. The molecule has 0 aliphatic carbocycles. The molecule has 2 heterocycles. The van der Waals surface area contributed by atoms with Crippen LogP contribution in [-0.2, 0) is 35.9 Å². The van der Waals surface area contributed by atoms with Crippen LogP contribution in [0.25, 0.3) is 0 Å². The minimum absolute atomic E-state index is 0.0950. The first-order chi connectivity index (χ1) is 29.1. The molecule has 1 aliphatic heterocycles. The van der Waals surface area contributed by atoms with E-state index < -0.39 is 60.2 Å². The van der Waals surface area contributed by atoms with Crippen LogP contribution in [0, 0.1) is 0 Å². The maximum absolute atomic E-state index is 14.1. The average Bonchev–Trinajstić information content (AvgIpc) is 3.29. The van der Waals surface area contributed by atoms with Crippen LogP contribution in [0.2, 0.25) is 0 Å². The Morgan fingerprint density at radius 2 is 1.08 bits per heavy atom. The third-order valence-electron chi connectivity index (χ3n) is 9.95. The fourth-order valence-electron chi connectivity index (χ4n) is 6.92. The first-order valence-corrected chi connectivity index (χ1v) is 19.2. The number of esters is 4. The number of aliphatic hydroxyl groups is 1. The fourth-order valence-corrected chi connectivity index (χ4v) is 6.92. The van der Waals surface area contributed by atoms with Gasteiger partial charge >= 0.3 is 23.9 Å². The zero-order valence-corrected chi connectivity index (χ0v) is 32.7. The molecule has 6 atom stereocenters. The van der Waals surface area contributed by atoms with E-state index in [2.05, 4.69) is 4.98 Å². The summed E-state index contributed by atoms with van der Waals surface area (Å²) in [6.45, 7) is 1.48. The van der Waals surface area contributed by atoms with Gasteiger partial charge in [0.05, 0.1) is 29.4 Å². The van der Waals surface area contributed by atoms with E-state index in [4.69, 9.17) is 28.4 Å². The number of benzene rings is 5. The van der Waals surface area contributed by atoms with Crippen molar-refractivity contribution >= 4 is 23.9 Å². The molecule has 1 fully saturated rings. The highest BCUT2D eigenvalue weighted by Gasteiger charge is 2.63. The normalized spacial score (nSPS) is 20.2. The Hall–Kier alpha value is -7.15. The summed E-state index contributed by atoms with van der Waals surface area (Å²) >= 11 is 0. The lowest BCUT2D eigenvalue weighted by atomic mass is 9.85. The molecule has 12 heteroatoms. The van der Waals surface area contributed by atoms with Gasteiger partial charge in [-0.25, -0.2) is 19.2 Å². The van der Waals surface area contributed by atoms with Crippen LogP contribution in [0.3, 0.4) is 0 Å². The molecule has 0 spiro atoms. The van der Waals surface area contributed by atoms with Crippen molar-refractivity contribution in [3.05, 3.63) is 203 Å².